The van der Waals surface area contributed by atoms with Gasteiger partial charge in [0, 0.05) is 24.4 Å². The molecule has 1 N–H and O–H groups in total. The predicted octanol–water partition coefficient (Wildman–Crippen LogP) is 1.96. The van der Waals surface area contributed by atoms with E-state index in [0.717, 1.165) is 6.26 Å². The minimum atomic E-state index is -3.33. The number of carbonyl (C=O) groups is 1. The molecule has 0 aliphatic carbocycles. The maximum absolute atomic E-state index is 11.8. The van der Waals surface area contributed by atoms with Crippen LogP contribution in [-0.2, 0) is 16.9 Å². The zero-order valence-electron chi connectivity index (χ0n) is 16.1. The lowest BCUT2D eigenvalue weighted by Crippen LogP contribution is -2.07. The summed E-state index contributed by atoms with van der Waals surface area (Å²) in [6.07, 6.45) is 2.39. The molecule has 0 amide bonds. The third-order valence-electron chi connectivity index (χ3n) is 4.49. The van der Waals surface area contributed by atoms with E-state index < -0.39 is 16.0 Å². The van der Waals surface area contributed by atoms with Crippen LogP contribution in [-0.4, -0.2) is 55.3 Å². The first kappa shape index (κ1) is 19.5. The Labute approximate surface area is 170 Å². The van der Waals surface area contributed by atoms with Crippen molar-refractivity contribution in [1.82, 2.24) is 29.4 Å². The molecule has 0 fully saturated rings. The number of fused-ring (bicyclic) bond motifs is 1. The smallest absolute Gasteiger partial charge is 0.449 e. The summed E-state index contributed by atoms with van der Waals surface area (Å²) in [4.78, 5) is 19.7. The lowest BCUT2D eigenvalue weighted by atomic mass is 10.1. The summed E-state index contributed by atoms with van der Waals surface area (Å²) < 4.78 is 31.4. The number of ether oxygens (including phenoxy) is 1. The van der Waals surface area contributed by atoms with Gasteiger partial charge in [0.05, 0.1) is 16.8 Å². The van der Waals surface area contributed by atoms with Crippen LogP contribution in [0.3, 0.4) is 0 Å². The van der Waals surface area contributed by atoms with Crippen molar-refractivity contribution in [3.05, 3.63) is 42.6 Å². The number of imidazole rings is 1. The lowest BCUT2D eigenvalue weighted by Gasteiger charge is -2.07. The van der Waals surface area contributed by atoms with E-state index in [0.29, 0.717) is 28.3 Å². The molecule has 0 saturated heterocycles. The Hall–Kier alpha value is -3.80. The van der Waals surface area contributed by atoms with Gasteiger partial charge in [-0.3, -0.25) is 4.68 Å². The van der Waals surface area contributed by atoms with Crippen molar-refractivity contribution in [2.75, 3.05) is 6.26 Å². The molecule has 4 aromatic rings. The zero-order chi connectivity index (χ0) is 21.6. The van der Waals surface area contributed by atoms with Gasteiger partial charge in [-0.25, -0.2) is 22.7 Å². The average molecular weight is 428 g/mol. The second kappa shape index (κ2) is 6.91. The molecule has 30 heavy (non-hydrogen) atoms. The number of nitrogens with zero attached hydrogens (tertiary/aromatic N) is 6. The molecule has 0 spiro atoms. The molecule has 0 saturated carbocycles. The number of benzene rings is 1. The van der Waals surface area contributed by atoms with Gasteiger partial charge in [0.1, 0.15) is 17.8 Å². The molecule has 0 radical (unpaired) electrons. The van der Waals surface area contributed by atoms with Crippen LogP contribution in [0, 0.1) is 6.92 Å². The molecule has 3 heterocycles. The van der Waals surface area contributed by atoms with Crippen molar-refractivity contribution >= 4 is 21.5 Å². The van der Waals surface area contributed by atoms with Crippen LogP contribution in [0.1, 0.15) is 5.82 Å². The highest BCUT2D eigenvalue weighted by Crippen LogP contribution is 2.36. The van der Waals surface area contributed by atoms with Crippen LogP contribution < -0.4 is 4.74 Å². The van der Waals surface area contributed by atoms with Gasteiger partial charge in [0.25, 0.3) is 5.88 Å². The highest BCUT2D eigenvalue weighted by atomic mass is 32.2. The Morgan fingerprint density at radius 3 is 2.50 bits per heavy atom. The van der Waals surface area contributed by atoms with E-state index in [4.69, 9.17) is 9.84 Å². The average Bonchev–Trinajstić information content (AvgIpc) is 3.21. The van der Waals surface area contributed by atoms with E-state index in [2.05, 4.69) is 20.2 Å². The van der Waals surface area contributed by atoms with Crippen molar-refractivity contribution in [2.45, 2.75) is 11.8 Å². The first-order chi connectivity index (χ1) is 14.2. The number of rotatable bonds is 4. The van der Waals surface area contributed by atoms with E-state index in [1.54, 1.807) is 37.0 Å². The predicted molar refractivity (Wildman–Crippen MR) is 105 cm³/mol. The quantitative estimate of drug-likeness (QED) is 0.483. The van der Waals surface area contributed by atoms with Gasteiger partial charge in [-0.2, -0.15) is 15.2 Å². The van der Waals surface area contributed by atoms with Crippen molar-refractivity contribution in [3.63, 3.8) is 0 Å². The molecule has 11 nitrogen and oxygen atoms in total. The Kier molecular flexibility index (Phi) is 4.50. The standard InChI is InChI=1S/C18H16N6O5S/c1-10-22-14(16-17(29-18(25)26)19-9-21-24(10)16)13-8-20-23(2)15(13)11-4-6-12(7-5-11)30(3,27)28/h4-9H,1-3H3,(H,25,26). The molecule has 0 aliphatic heterocycles. The normalized spacial score (nSPS) is 11.7. The minimum absolute atomic E-state index is 0.157. The second-order valence-electron chi connectivity index (χ2n) is 6.53. The van der Waals surface area contributed by atoms with Gasteiger partial charge in [0.2, 0.25) is 0 Å². The fourth-order valence-electron chi connectivity index (χ4n) is 3.21. The van der Waals surface area contributed by atoms with E-state index in [1.807, 2.05) is 0 Å². The van der Waals surface area contributed by atoms with Crippen LogP contribution in [0.2, 0.25) is 0 Å². The Morgan fingerprint density at radius 2 is 1.87 bits per heavy atom. The lowest BCUT2D eigenvalue weighted by molar-refractivity contribution is 0.143. The van der Waals surface area contributed by atoms with Crippen LogP contribution in [0.5, 0.6) is 5.88 Å². The minimum Gasteiger partial charge on any atom is -0.449 e. The summed E-state index contributed by atoms with van der Waals surface area (Å²) in [7, 11) is -1.59. The first-order valence-corrected chi connectivity index (χ1v) is 10.5. The van der Waals surface area contributed by atoms with E-state index in [1.165, 1.54) is 23.0 Å². The molecule has 0 aliphatic rings. The van der Waals surface area contributed by atoms with Gasteiger partial charge < -0.3 is 9.84 Å². The number of aryl methyl sites for hydroxylation is 2. The largest absolute Gasteiger partial charge is 0.512 e. The summed E-state index contributed by atoms with van der Waals surface area (Å²) in [5.74, 6) is 0.343. The van der Waals surface area contributed by atoms with E-state index >= 15 is 0 Å². The summed E-state index contributed by atoms with van der Waals surface area (Å²) in [6, 6.07) is 6.38. The second-order valence-corrected chi connectivity index (χ2v) is 8.54. The zero-order valence-corrected chi connectivity index (χ0v) is 17.0. The summed E-state index contributed by atoms with van der Waals surface area (Å²) in [5.41, 5.74) is 2.60. The van der Waals surface area contributed by atoms with Gasteiger partial charge in [-0.05, 0) is 19.1 Å². The van der Waals surface area contributed by atoms with E-state index in [-0.39, 0.29) is 16.3 Å². The molecule has 1 aromatic carbocycles. The van der Waals surface area contributed by atoms with Crippen LogP contribution in [0.25, 0.3) is 28.0 Å². The fourth-order valence-corrected chi connectivity index (χ4v) is 3.84. The van der Waals surface area contributed by atoms with Crippen LogP contribution in [0.4, 0.5) is 4.79 Å². The van der Waals surface area contributed by atoms with Gasteiger partial charge in [0.15, 0.2) is 15.4 Å². The Morgan fingerprint density at radius 1 is 1.17 bits per heavy atom. The first-order valence-electron chi connectivity index (χ1n) is 8.61. The maximum atomic E-state index is 11.8. The maximum Gasteiger partial charge on any atom is 0.512 e. The van der Waals surface area contributed by atoms with Crippen LogP contribution in [0.15, 0.2) is 41.7 Å². The molecular weight excluding hydrogens is 412 g/mol. The molecule has 154 valence electrons. The van der Waals surface area contributed by atoms with Crippen molar-refractivity contribution in [1.29, 1.82) is 0 Å². The van der Waals surface area contributed by atoms with Crippen molar-refractivity contribution in [2.24, 2.45) is 7.05 Å². The molecule has 0 unspecified atom stereocenters. The van der Waals surface area contributed by atoms with E-state index in [9.17, 15) is 13.2 Å². The number of aromatic nitrogens is 6. The number of hydrogen-bond acceptors (Lipinski definition) is 8. The third-order valence-corrected chi connectivity index (χ3v) is 5.62. The highest BCUT2D eigenvalue weighted by Gasteiger charge is 2.23. The Balaban J connectivity index is 1.94. The molecule has 0 atom stereocenters. The van der Waals surface area contributed by atoms with Crippen molar-refractivity contribution < 1.29 is 23.1 Å². The highest BCUT2D eigenvalue weighted by molar-refractivity contribution is 7.90. The summed E-state index contributed by atoms with van der Waals surface area (Å²) >= 11 is 0. The fraction of sp³-hybridized carbons (Fsp3) is 0.167. The summed E-state index contributed by atoms with van der Waals surface area (Å²) in [6.45, 7) is 1.71. The molecular formula is C18H16N6O5S. The molecule has 3 aromatic heterocycles. The monoisotopic (exact) mass is 428 g/mol. The number of carboxylic acid groups (broad SMARTS) is 1. The van der Waals surface area contributed by atoms with Gasteiger partial charge in [-0.1, -0.05) is 12.1 Å². The number of hydrogen-bond donors (Lipinski definition) is 1. The Bertz CT molecular complexity index is 1390. The van der Waals surface area contributed by atoms with Gasteiger partial charge in [-0.15, -0.1) is 0 Å². The van der Waals surface area contributed by atoms with Crippen molar-refractivity contribution in [3.8, 4) is 28.4 Å². The molecule has 12 heteroatoms. The molecule has 4 rings (SSSR count). The topological polar surface area (TPSA) is 142 Å². The third kappa shape index (κ3) is 3.26. The number of sulfone groups is 1. The van der Waals surface area contributed by atoms with Crippen LogP contribution >= 0.6 is 0 Å². The SMILES string of the molecule is Cc1nc(-c2cnn(C)c2-c2ccc(S(C)(=O)=O)cc2)c2c(OC(=O)O)ncnn12. The summed E-state index contributed by atoms with van der Waals surface area (Å²) in [5, 5.41) is 17.5. The molecule has 0 bridgehead atoms. The van der Waals surface area contributed by atoms with Gasteiger partial charge >= 0.3 is 6.16 Å².